The number of rotatable bonds is 1. The average molecular weight is 195 g/mol. The SMILES string of the molecule is COC(=O)C1=CCC2CCCC1N2C. The van der Waals surface area contributed by atoms with E-state index in [0.29, 0.717) is 12.1 Å². The van der Waals surface area contributed by atoms with Crippen LogP contribution in [-0.2, 0) is 9.53 Å². The highest BCUT2D eigenvalue weighted by Crippen LogP contribution is 2.32. The van der Waals surface area contributed by atoms with Gasteiger partial charge >= 0.3 is 5.97 Å². The smallest absolute Gasteiger partial charge is 0.335 e. The second-order valence-corrected chi connectivity index (χ2v) is 4.15. The summed E-state index contributed by atoms with van der Waals surface area (Å²) in [6, 6.07) is 0.942. The van der Waals surface area contributed by atoms with Crippen molar-refractivity contribution in [2.45, 2.75) is 37.8 Å². The van der Waals surface area contributed by atoms with Gasteiger partial charge in [0.15, 0.2) is 0 Å². The quantitative estimate of drug-likeness (QED) is 0.591. The first-order valence-electron chi connectivity index (χ1n) is 5.24. The zero-order chi connectivity index (χ0) is 10.1. The van der Waals surface area contributed by atoms with Crippen LogP contribution < -0.4 is 0 Å². The Balaban J connectivity index is 2.22. The van der Waals surface area contributed by atoms with Gasteiger partial charge in [-0.3, -0.25) is 4.90 Å². The van der Waals surface area contributed by atoms with Crippen LogP contribution in [0.25, 0.3) is 0 Å². The van der Waals surface area contributed by atoms with Gasteiger partial charge in [0.05, 0.1) is 12.7 Å². The zero-order valence-electron chi connectivity index (χ0n) is 8.82. The maximum atomic E-state index is 11.5. The van der Waals surface area contributed by atoms with Gasteiger partial charge in [-0.05, 0) is 32.7 Å². The third-order valence-electron chi connectivity index (χ3n) is 3.47. The van der Waals surface area contributed by atoms with Crippen molar-refractivity contribution in [3.63, 3.8) is 0 Å². The Hall–Kier alpha value is -0.830. The van der Waals surface area contributed by atoms with Crippen LogP contribution in [0.2, 0.25) is 0 Å². The minimum absolute atomic E-state index is 0.151. The van der Waals surface area contributed by atoms with Crippen LogP contribution in [0, 0.1) is 0 Å². The Morgan fingerprint density at radius 3 is 3.07 bits per heavy atom. The lowest BCUT2D eigenvalue weighted by atomic mass is 9.85. The average Bonchev–Trinajstić information content (AvgIpc) is 2.17. The number of piperidine rings is 1. The van der Waals surface area contributed by atoms with E-state index in [4.69, 9.17) is 4.74 Å². The number of ether oxygens (including phenoxy) is 1. The standard InChI is InChI=1S/C11H17NO2/c1-12-8-4-3-5-10(12)9(7-6-8)11(13)14-2/h7-8,10H,3-6H2,1-2H3. The maximum Gasteiger partial charge on any atom is 0.335 e. The van der Waals surface area contributed by atoms with Crippen LogP contribution in [0.1, 0.15) is 25.7 Å². The molecule has 14 heavy (non-hydrogen) atoms. The Morgan fingerprint density at radius 2 is 2.36 bits per heavy atom. The molecule has 3 heteroatoms. The number of carbonyl (C=O) groups excluding carboxylic acids is 1. The molecule has 3 nitrogen and oxygen atoms in total. The fourth-order valence-electron chi connectivity index (χ4n) is 2.60. The van der Waals surface area contributed by atoms with Gasteiger partial charge in [-0.1, -0.05) is 6.08 Å². The monoisotopic (exact) mass is 195 g/mol. The summed E-state index contributed by atoms with van der Waals surface area (Å²) in [5.74, 6) is -0.151. The van der Waals surface area contributed by atoms with Gasteiger partial charge in [-0.15, -0.1) is 0 Å². The van der Waals surface area contributed by atoms with Crippen molar-refractivity contribution in [3.05, 3.63) is 11.6 Å². The number of esters is 1. The molecular weight excluding hydrogens is 178 g/mol. The van der Waals surface area contributed by atoms with E-state index in [-0.39, 0.29) is 5.97 Å². The van der Waals surface area contributed by atoms with Crippen molar-refractivity contribution in [2.24, 2.45) is 0 Å². The summed E-state index contributed by atoms with van der Waals surface area (Å²) >= 11 is 0. The summed E-state index contributed by atoms with van der Waals surface area (Å²) in [7, 11) is 3.57. The molecule has 0 aromatic carbocycles. The van der Waals surface area contributed by atoms with E-state index in [1.165, 1.54) is 20.0 Å². The normalized spacial score (nSPS) is 32.3. The Bertz CT molecular complexity index is 272. The second-order valence-electron chi connectivity index (χ2n) is 4.15. The van der Waals surface area contributed by atoms with Crippen LogP contribution in [0.3, 0.4) is 0 Å². The maximum absolute atomic E-state index is 11.5. The first kappa shape index (κ1) is 9.71. The van der Waals surface area contributed by atoms with Crippen LogP contribution in [0.15, 0.2) is 11.6 Å². The summed E-state index contributed by atoms with van der Waals surface area (Å²) in [6.45, 7) is 0. The van der Waals surface area contributed by atoms with Crippen LogP contribution >= 0.6 is 0 Å². The molecule has 2 bridgehead atoms. The summed E-state index contributed by atoms with van der Waals surface area (Å²) in [6.07, 6.45) is 6.65. The van der Waals surface area contributed by atoms with Crippen LogP contribution in [0.5, 0.6) is 0 Å². The Labute approximate surface area is 84.7 Å². The molecule has 0 amide bonds. The molecule has 2 atom stereocenters. The van der Waals surface area contributed by atoms with E-state index in [2.05, 4.69) is 18.0 Å². The predicted molar refractivity (Wildman–Crippen MR) is 53.9 cm³/mol. The van der Waals surface area contributed by atoms with Gasteiger partial charge < -0.3 is 4.74 Å². The predicted octanol–water partition coefficient (Wildman–Crippen LogP) is 1.34. The van der Waals surface area contributed by atoms with Gasteiger partial charge in [0.2, 0.25) is 0 Å². The molecule has 2 aliphatic heterocycles. The van der Waals surface area contributed by atoms with Crippen molar-refractivity contribution in [1.29, 1.82) is 0 Å². The lowest BCUT2D eigenvalue weighted by molar-refractivity contribution is -0.137. The summed E-state index contributed by atoms with van der Waals surface area (Å²) in [5.41, 5.74) is 0.867. The lowest BCUT2D eigenvalue weighted by Crippen LogP contribution is -2.48. The van der Waals surface area contributed by atoms with Gasteiger partial charge in [0.25, 0.3) is 0 Å². The van der Waals surface area contributed by atoms with E-state index in [0.717, 1.165) is 18.4 Å². The van der Waals surface area contributed by atoms with Crippen molar-refractivity contribution in [1.82, 2.24) is 4.90 Å². The molecule has 2 heterocycles. The number of methoxy groups -OCH3 is 1. The van der Waals surface area contributed by atoms with Crippen molar-refractivity contribution >= 4 is 5.97 Å². The third kappa shape index (κ3) is 1.46. The number of carbonyl (C=O) groups is 1. The van der Waals surface area contributed by atoms with E-state index in [9.17, 15) is 4.79 Å². The number of fused-ring (bicyclic) bond motifs is 2. The van der Waals surface area contributed by atoms with E-state index < -0.39 is 0 Å². The summed E-state index contributed by atoms with van der Waals surface area (Å²) in [5, 5.41) is 0. The second kappa shape index (κ2) is 3.73. The van der Waals surface area contributed by atoms with Crippen molar-refractivity contribution in [3.8, 4) is 0 Å². The minimum Gasteiger partial charge on any atom is -0.466 e. The van der Waals surface area contributed by atoms with Gasteiger partial charge in [-0.2, -0.15) is 0 Å². The molecule has 0 spiro atoms. The van der Waals surface area contributed by atoms with Gasteiger partial charge in [0, 0.05) is 12.1 Å². The first-order chi connectivity index (χ1) is 6.74. The van der Waals surface area contributed by atoms with E-state index >= 15 is 0 Å². The molecule has 2 unspecified atom stereocenters. The van der Waals surface area contributed by atoms with Crippen LogP contribution in [-0.4, -0.2) is 37.1 Å². The Kier molecular flexibility index (Phi) is 2.59. The molecule has 0 aliphatic carbocycles. The molecule has 0 aromatic heterocycles. The lowest BCUT2D eigenvalue weighted by Gasteiger charge is -2.43. The third-order valence-corrected chi connectivity index (χ3v) is 3.47. The van der Waals surface area contributed by atoms with Gasteiger partial charge in [0.1, 0.15) is 0 Å². The number of likely N-dealkylation sites (N-methyl/N-ethyl adjacent to an activating group) is 1. The zero-order valence-corrected chi connectivity index (χ0v) is 8.82. The molecule has 1 fully saturated rings. The van der Waals surface area contributed by atoms with Crippen molar-refractivity contribution < 1.29 is 9.53 Å². The molecule has 0 N–H and O–H groups in total. The fraction of sp³-hybridized carbons (Fsp3) is 0.727. The molecule has 0 aromatic rings. The first-order valence-corrected chi connectivity index (χ1v) is 5.24. The highest BCUT2D eigenvalue weighted by Gasteiger charge is 2.35. The molecular formula is C11H17NO2. The molecule has 2 aliphatic rings. The fourth-order valence-corrected chi connectivity index (χ4v) is 2.60. The number of hydrogen-bond acceptors (Lipinski definition) is 3. The molecule has 2 rings (SSSR count). The molecule has 1 saturated heterocycles. The topological polar surface area (TPSA) is 29.5 Å². The molecule has 0 radical (unpaired) electrons. The summed E-state index contributed by atoms with van der Waals surface area (Å²) in [4.78, 5) is 13.8. The van der Waals surface area contributed by atoms with E-state index in [1.54, 1.807) is 0 Å². The highest BCUT2D eigenvalue weighted by molar-refractivity contribution is 5.90. The number of hydrogen-bond donors (Lipinski definition) is 0. The molecule has 78 valence electrons. The van der Waals surface area contributed by atoms with Crippen LogP contribution in [0.4, 0.5) is 0 Å². The largest absolute Gasteiger partial charge is 0.466 e. The Morgan fingerprint density at radius 1 is 1.57 bits per heavy atom. The van der Waals surface area contributed by atoms with E-state index in [1.807, 2.05) is 0 Å². The minimum atomic E-state index is -0.151. The van der Waals surface area contributed by atoms with Crippen molar-refractivity contribution in [2.75, 3.05) is 14.2 Å². The summed E-state index contributed by atoms with van der Waals surface area (Å²) < 4.78 is 4.80. The van der Waals surface area contributed by atoms with Gasteiger partial charge in [-0.25, -0.2) is 4.79 Å². The highest BCUT2D eigenvalue weighted by atomic mass is 16.5. The molecule has 0 saturated carbocycles. The number of nitrogens with zero attached hydrogens (tertiary/aromatic N) is 1.